The Morgan fingerprint density at radius 3 is 1.80 bits per heavy atom. The van der Waals surface area contributed by atoms with Crippen LogP contribution in [0.25, 0.3) is 32.7 Å². The maximum atomic E-state index is 10.8. The predicted octanol–water partition coefficient (Wildman–Crippen LogP) is 12.3. The van der Waals surface area contributed by atoms with E-state index >= 15 is 0 Å². The van der Waals surface area contributed by atoms with Crippen molar-refractivity contribution < 1.29 is 29.7 Å². The van der Waals surface area contributed by atoms with Crippen LogP contribution in [0.3, 0.4) is 0 Å². The predicted molar refractivity (Wildman–Crippen MR) is 335 cm³/mol. The maximum absolute atomic E-state index is 10.8. The second kappa shape index (κ2) is 25.1. The minimum atomic E-state index is -0.832. The molecule has 0 aliphatic heterocycles. The molecule has 21 heteroatoms. The van der Waals surface area contributed by atoms with Gasteiger partial charge in [-0.2, -0.15) is 15.3 Å². The normalized spacial score (nSPS) is 15.1. The third-order valence-electron chi connectivity index (χ3n) is 16.7. The second-order valence-electron chi connectivity index (χ2n) is 22.8. The zero-order chi connectivity index (χ0) is 59.3. The lowest BCUT2D eigenvalue weighted by atomic mass is 10.1. The number of carboxylic acids is 3. The fourth-order valence-corrected chi connectivity index (χ4v) is 11.4. The molecule has 3 aliphatic rings. The summed E-state index contributed by atoms with van der Waals surface area (Å²) in [6.45, 7) is 5.63. The average Bonchev–Trinajstić information content (AvgIpc) is 2.33. The lowest BCUT2D eigenvalue weighted by molar-refractivity contribution is -0.138. The Morgan fingerprint density at radius 1 is 0.635 bits per heavy atom. The van der Waals surface area contributed by atoms with E-state index in [0.29, 0.717) is 37.8 Å². The molecule has 9 N–H and O–H groups in total. The van der Waals surface area contributed by atoms with E-state index in [4.69, 9.17) is 15.3 Å². The molecule has 2 fully saturated rings. The van der Waals surface area contributed by atoms with Gasteiger partial charge < -0.3 is 60.9 Å². The van der Waals surface area contributed by atoms with E-state index in [1.54, 1.807) is 32.6 Å². The maximum Gasteiger partial charge on any atom is 0.305 e. The number of carboxylic acid groups (broad SMARTS) is 3. The summed E-state index contributed by atoms with van der Waals surface area (Å²) in [6, 6.07) is 29.1. The highest BCUT2D eigenvalue weighted by Crippen LogP contribution is 2.42. The Kier molecular flexibility index (Phi) is 16.8. The number of H-pyrrole nitrogens is 2. The standard InChI is InChI=1S/C23H23N5O2.C22H29N5O2.C19H23N5O2/c29-23(30)8-10-28-14-17(13-25-28)26-16-11-21-19(7-9-24-21)22(12-16)27-20-6-5-15-3-1-2-4-18(15)20;1-15(16-5-6-16)25(3)21-12-17(11-20-19(21)7-9-24(20)2)26(4)18-13-23-27(14-18)10-8-22(28)29;1-12(13-2-3-13)22-18-9-14(8-17-16(18)4-6-20-17)23-15-10-21-24(11-15)7-5-19(25)26/h1-4,7,9,11-14,20,24,26-27H,5-6,8,10H2,(H,29,30);7,9,11-16H,5-6,8,10H2,1-4H3,(H,28,29);4,6,8-13,20,22-23H,2-3,5,7H2,1H3,(H,25,26). The number of nitrogens with zero attached hydrogens (tertiary/aromatic N) is 9. The van der Waals surface area contributed by atoms with Crippen LogP contribution in [0.1, 0.15) is 82.4 Å². The molecule has 3 unspecified atom stereocenters. The molecule has 21 nitrogen and oxygen atoms in total. The van der Waals surface area contributed by atoms with Gasteiger partial charge in [0.05, 0.1) is 86.1 Å². The van der Waals surface area contributed by atoms with Crippen LogP contribution in [-0.4, -0.2) is 103 Å². The molecule has 85 heavy (non-hydrogen) atoms. The largest absolute Gasteiger partial charge is 0.481 e. The molecule has 6 heterocycles. The van der Waals surface area contributed by atoms with Gasteiger partial charge in [-0.3, -0.25) is 28.4 Å². The molecule has 442 valence electrons. The number of nitrogens with one attached hydrogen (secondary N) is 6. The molecule has 3 atom stereocenters. The molecule has 2 saturated carbocycles. The van der Waals surface area contributed by atoms with Gasteiger partial charge in [0.2, 0.25) is 0 Å². The number of rotatable bonds is 23. The lowest BCUT2D eigenvalue weighted by Gasteiger charge is -2.29. The minimum Gasteiger partial charge on any atom is -0.481 e. The number of carbonyl (C=O) groups is 3. The van der Waals surface area contributed by atoms with Gasteiger partial charge in [-0.1, -0.05) is 24.3 Å². The van der Waals surface area contributed by atoms with Gasteiger partial charge in [0, 0.05) is 132 Å². The van der Waals surface area contributed by atoms with Crippen molar-refractivity contribution in [3.05, 3.63) is 146 Å². The molecule has 3 aliphatic carbocycles. The summed E-state index contributed by atoms with van der Waals surface area (Å²) in [5.41, 5.74) is 15.1. The van der Waals surface area contributed by atoms with Crippen molar-refractivity contribution >= 4 is 102 Å². The van der Waals surface area contributed by atoms with E-state index in [0.717, 1.165) is 86.6 Å². The first-order chi connectivity index (χ1) is 41.1. The van der Waals surface area contributed by atoms with Crippen molar-refractivity contribution in [3.63, 3.8) is 0 Å². The third-order valence-corrected chi connectivity index (χ3v) is 16.7. The summed E-state index contributed by atoms with van der Waals surface area (Å²) in [5.74, 6) is -0.920. The summed E-state index contributed by atoms with van der Waals surface area (Å²) in [4.78, 5) is 43.3. The van der Waals surface area contributed by atoms with Gasteiger partial charge in [0.1, 0.15) is 0 Å². The van der Waals surface area contributed by atoms with E-state index in [2.05, 4.69) is 174 Å². The van der Waals surface area contributed by atoms with Crippen molar-refractivity contribution in [2.75, 3.05) is 45.2 Å². The molecule has 4 aromatic carbocycles. The van der Waals surface area contributed by atoms with Crippen LogP contribution in [-0.2, 0) is 47.5 Å². The van der Waals surface area contributed by atoms with E-state index in [9.17, 15) is 14.4 Å². The Hall–Kier alpha value is -9.66. The Bertz CT molecular complexity index is 3970. The Morgan fingerprint density at radius 2 is 1.20 bits per heavy atom. The summed E-state index contributed by atoms with van der Waals surface area (Å²) in [7, 11) is 6.29. The molecular weight excluding hydrogens is 1070 g/mol. The number of fused-ring (bicyclic) bond motifs is 4. The first kappa shape index (κ1) is 57.2. The zero-order valence-electron chi connectivity index (χ0n) is 48.7. The van der Waals surface area contributed by atoms with E-state index in [1.165, 1.54) is 58.8 Å². The van der Waals surface area contributed by atoms with Gasteiger partial charge in [-0.15, -0.1) is 0 Å². The molecule has 0 bridgehead atoms. The zero-order valence-corrected chi connectivity index (χ0v) is 48.7. The Labute approximate surface area is 492 Å². The van der Waals surface area contributed by atoms with Crippen LogP contribution in [0.5, 0.6) is 0 Å². The lowest BCUT2D eigenvalue weighted by Crippen LogP contribution is -2.30. The van der Waals surface area contributed by atoms with Crippen molar-refractivity contribution in [3.8, 4) is 0 Å². The van der Waals surface area contributed by atoms with Crippen LogP contribution in [0.4, 0.5) is 51.2 Å². The number of aryl methyl sites for hydroxylation is 5. The SMILES string of the molecule is CC(C1CC1)N(C)c1cc(N(C)c2cnn(CCC(=O)O)c2)cc2c1ccn2C.CC(Nc1cc(Nc2cnn(CCC(=O)O)c2)cc2[nH]ccc12)C1CC1.O=C(O)CCn1cc(Nc2cc(NC3CCc4ccccc43)c3cc[nH]c3c2)cn1. The molecule has 13 rings (SSSR count). The molecule has 0 saturated heterocycles. The highest BCUT2D eigenvalue weighted by Gasteiger charge is 2.32. The number of anilines is 9. The third kappa shape index (κ3) is 13.9. The molecule has 0 spiro atoms. The van der Waals surface area contributed by atoms with Crippen molar-refractivity contribution in [2.45, 2.75) is 109 Å². The van der Waals surface area contributed by atoms with Gasteiger partial charge in [0.25, 0.3) is 0 Å². The van der Waals surface area contributed by atoms with Crippen LogP contribution in [0.15, 0.2) is 135 Å². The topological polar surface area (TPSA) is 256 Å². The summed E-state index contributed by atoms with van der Waals surface area (Å²) in [6.07, 6.45) is 24.3. The minimum absolute atomic E-state index is 0.0481. The van der Waals surface area contributed by atoms with Gasteiger partial charge in [-0.25, -0.2) is 0 Å². The molecule has 6 aromatic heterocycles. The highest BCUT2D eigenvalue weighted by atomic mass is 16.4. The van der Waals surface area contributed by atoms with Crippen molar-refractivity contribution in [2.24, 2.45) is 18.9 Å². The summed E-state index contributed by atoms with van der Waals surface area (Å²) >= 11 is 0. The van der Waals surface area contributed by atoms with Crippen LogP contribution in [0.2, 0.25) is 0 Å². The number of aromatic amines is 2. The van der Waals surface area contributed by atoms with E-state index in [-0.39, 0.29) is 19.3 Å². The number of hydrogen-bond donors (Lipinski definition) is 9. The monoisotopic (exact) mass is 1150 g/mol. The molecule has 0 radical (unpaired) electrons. The van der Waals surface area contributed by atoms with Crippen molar-refractivity contribution in [1.29, 1.82) is 0 Å². The quantitative estimate of drug-likeness (QED) is 0.0289. The summed E-state index contributed by atoms with van der Waals surface area (Å²) in [5, 5.41) is 57.0. The number of aliphatic carboxylic acids is 3. The second-order valence-corrected chi connectivity index (χ2v) is 22.8. The average molecular weight is 1150 g/mol. The van der Waals surface area contributed by atoms with E-state index < -0.39 is 17.9 Å². The summed E-state index contributed by atoms with van der Waals surface area (Å²) < 4.78 is 7.11. The Balaban J connectivity index is 0.000000133. The van der Waals surface area contributed by atoms with Crippen molar-refractivity contribution in [1.82, 2.24) is 43.9 Å². The first-order valence-corrected chi connectivity index (χ1v) is 29.2. The fourth-order valence-electron chi connectivity index (χ4n) is 11.4. The molecule has 10 aromatic rings. The molecular formula is C64H75N15O6. The van der Waals surface area contributed by atoms with Crippen LogP contribution in [0, 0.1) is 11.8 Å². The van der Waals surface area contributed by atoms with Crippen LogP contribution < -0.4 is 31.1 Å². The number of benzene rings is 4. The number of aromatic nitrogens is 9. The fraction of sp³-hybridized carbons (Fsp3) is 0.344. The van der Waals surface area contributed by atoms with E-state index in [1.807, 2.05) is 38.0 Å². The van der Waals surface area contributed by atoms with Gasteiger partial charge in [-0.05, 0) is 130 Å². The smallest absolute Gasteiger partial charge is 0.305 e. The molecule has 0 amide bonds. The van der Waals surface area contributed by atoms with Crippen LogP contribution >= 0.6 is 0 Å². The van der Waals surface area contributed by atoms with Gasteiger partial charge in [0.15, 0.2) is 0 Å². The van der Waals surface area contributed by atoms with Gasteiger partial charge >= 0.3 is 17.9 Å². The highest BCUT2D eigenvalue weighted by molar-refractivity contribution is 5.98. The number of hydrogen-bond acceptors (Lipinski definition) is 12. The first-order valence-electron chi connectivity index (χ1n) is 29.2.